The Kier molecular flexibility index (Phi) is 6.59. The molecule has 1 aromatic carbocycles. The van der Waals surface area contributed by atoms with E-state index in [0.717, 1.165) is 36.9 Å². The van der Waals surface area contributed by atoms with Crippen LogP contribution in [0.4, 0.5) is 35.3 Å². The second kappa shape index (κ2) is 9.40. The van der Waals surface area contributed by atoms with E-state index >= 15 is 0 Å². The molecule has 7 nitrogen and oxygen atoms in total. The molecule has 0 bridgehead atoms. The van der Waals surface area contributed by atoms with Gasteiger partial charge in [-0.1, -0.05) is 11.6 Å². The monoisotopic (exact) mass is 468 g/mol. The normalized spacial score (nSPS) is 17.4. The minimum absolute atomic E-state index is 0.0494. The summed E-state index contributed by atoms with van der Waals surface area (Å²) in [6.07, 6.45) is -1.00. The Labute approximate surface area is 189 Å². The van der Waals surface area contributed by atoms with Crippen LogP contribution in [0.15, 0.2) is 30.3 Å². The molecule has 2 aliphatic heterocycles. The van der Waals surface area contributed by atoms with Gasteiger partial charge in [0.2, 0.25) is 0 Å². The van der Waals surface area contributed by atoms with E-state index in [0.29, 0.717) is 26.2 Å². The van der Waals surface area contributed by atoms with Crippen LogP contribution in [0, 0.1) is 0 Å². The predicted molar refractivity (Wildman–Crippen MR) is 117 cm³/mol. The largest absolute Gasteiger partial charge is 0.417 e. The second-order valence-corrected chi connectivity index (χ2v) is 8.30. The molecule has 2 saturated heterocycles. The number of amides is 2. The Morgan fingerprint density at radius 1 is 0.875 bits per heavy atom. The molecule has 2 fully saturated rings. The fourth-order valence-corrected chi connectivity index (χ4v) is 4.16. The molecule has 0 atom stereocenters. The van der Waals surface area contributed by atoms with E-state index in [2.05, 4.69) is 20.4 Å². The summed E-state index contributed by atoms with van der Waals surface area (Å²) in [4.78, 5) is 18.4. The highest BCUT2D eigenvalue weighted by atomic mass is 35.5. The molecule has 4 rings (SSSR count). The third kappa shape index (κ3) is 5.17. The fraction of sp³-hybridized carbons (Fsp3) is 0.476. The first-order chi connectivity index (χ1) is 15.3. The molecular formula is C21H24ClF3N6O. The van der Waals surface area contributed by atoms with Crippen LogP contribution < -0.4 is 15.1 Å². The lowest BCUT2D eigenvalue weighted by atomic mass is 10.1. The molecule has 2 aromatic rings. The van der Waals surface area contributed by atoms with Crippen molar-refractivity contribution in [2.45, 2.75) is 25.4 Å². The van der Waals surface area contributed by atoms with E-state index in [1.807, 2.05) is 17.0 Å². The van der Waals surface area contributed by atoms with Crippen molar-refractivity contribution in [3.05, 3.63) is 40.9 Å². The molecule has 0 unspecified atom stereocenters. The minimum atomic E-state index is -4.59. The van der Waals surface area contributed by atoms with E-state index in [1.54, 1.807) is 4.90 Å². The molecule has 0 spiro atoms. The predicted octanol–water partition coefficient (Wildman–Crippen LogP) is 4.49. The van der Waals surface area contributed by atoms with Gasteiger partial charge in [0.25, 0.3) is 0 Å². The first-order valence-electron chi connectivity index (χ1n) is 10.6. The molecule has 2 amide bonds. The quantitative estimate of drug-likeness (QED) is 0.719. The third-order valence-electron chi connectivity index (χ3n) is 5.73. The molecule has 0 radical (unpaired) electrons. The van der Waals surface area contributed by atoms with Crippen molar-refractivity contribution in [2.24, 2.45) is 0 Å². The van der Waals surface area contributed by atoms with Crippen LogP contribution in [0.3, 0.4) is 0 Å². The number of carbonyl (C=O) groups is 1. The van der Waals surface area contributed by atoms with Crippen LogP contribution in [0.5, 0.6) is 0 Å². The number of hydrogen-bond donors (Lipinski definition) is 1. The second-order valence-electron chi connectivity index (χ2n) is 7.89. The molecule has 0 aliphatic carbocycles. The highest BCUT2D eigenvalue weighted by Gasteiger charge is 2.33. The van der Waals surface area contributed by atoms with Crippen LogP contribution >= 0.6 is 11.6 Å². The zero-order chi connectivity index (χ0) is 22.7. The lowest BCUT2D eigenvalue weighted by molar-refractivity contribution is -0.137. The number of rotatable bonds is 3. The van der Waals surface area contributed by atoms with Gasteiger partial charge in [-0.3, -0.25) is 0 Å². The summed E-state index contributed by atoms with van der Waals surface area (Å²) in [5.41, 5.74) is -0.929. The molecule has 1 aromatic heterocycles. The SMILES string of the molecule is O=C(Nc1ccc(Cl)c(C(F)(F)F)c1)N1CCN(c2ccc(N3CCCCC3)nn2)CC1. The molecule has 172 valence electrons. The number of halogens is 4. The maximum Gasteiger partial charge on any atom is 0.417 e. The van der Waals surface area contributed by atoms with Gasteiger partial charge in [-0.05, 0) is 49.6 Å². The number of carbonyl (C=O) groups excluding carboxylic acids is 1. The summed E-state index contributed by atoms with van der Waals surface area (Å²) in [6, 6.07) is 6.79. The van der Waals surface area contributed by atoms with E-state index in [-0.39, 0.29) is 5.69 Å². The molecule has 2 aliphatic rings. The number of urea groups is 1. The number of benzene rings is 1. The Balaban J connectivity index is 1.32. The van der Waals surface area contributed by atoms with Crippen molar-refractivity contribution in [2.75, 3.05) is 54.4 Å². The number of alkyl halides is 3. The summed E-state index contributed by atoms with van der Waals surface area (Å²) >= 11 is 5.63. The number of piperidine rings is 1. The Morgan fingerprint density at radius 2 is 1.47 bits per heavy atom. The van der Waals surface area contributed by atoms with Gasteiger partial charge in [0.1, 0.15) is 0 Å². The number of aromatic nitrogens is 2. The van der Waals surface area contributed by atoms with Gasteiger partial charge in [0.15, 0.2) is 11.6 Å². The third-order valence-corrected chi connectivity index (χ3v) is 6.06. The Hall–Kier alpha value is -2.75. The van der Waals surface area contributed by atoms with Gasteiger partial charge in [0, 0.05) is 45.0 Å². The highest BCUT2D eigenvalue weighted by molar-refractivity contribution is 6.31. The van der Waals surface area contributed by atoms with Crippen molar-refractivity contribution in [3.63, 3.8) is 0 Å². The average molecular weight is 469 g/mol. The van der Waals surface area contributed by atoms with Crippen molar-refractivity contribution in [1.29, 1.82) is 0 Å². The van der Waals surface area contributed by atoms with Crippen molar-refractivity contribution >= 4 is 35.0 Å². The van der Waals surface area contributed by atoms with Crippen LogP contribution in [-0.4, -0.2) is 60.4 Å². The maximum absolute atomic E-state index is 13.0. The summed E-state index contributed by atoms with van der Waals surface area (Å²) in [6.45, 7) is 3.95. The molecule has 3 heterocycles. The van der Waals surface area contributed by atoms with Gasteiger partial charge in [-0.25, -0.2) is 4.79 Å². The van der Waals surface area contributed by atoms with Crippen LogP contribution in [0.25, 0.3) is 0 Å². The topological polar surface area (TPSA) is 64.6 Å². The smallest absolute Gasteiger partial charge is 0.355 e. The first kappa shape index (κ1) is 22.4. The van der Waals surface area contributed by atoms with E-state index in [9.17, 15) is 18.0 Å². The van der Waals surface area contributed by atoms with Gasteiger partial charge >= 0.3 is 12.2 Å². The summed E-state index contributed by atoms with van der Waals surface area (Å²) in [5, 5.41) is 10.8. The molecular weight excluding hydrogens is 445 g/mol. The van der Waals surface area contributed by atoms with E-state index < -0.39 is 22.8 Å². The number of piperazine rings is 1. The van der Waals surface area contributed by atoms with Gasteiger partial charge in [-0.15, -0.1) is 10.2 Å². The summed E-state index contributed by atoms with van der Waals surface area (Å²) in [5.74, 6) is 1.63. The standard InChI is InChI=1S/C21H24ClF3N6O/c22-17-5-4-15(14-16(17)21(23,24)25)26-20(32)31-12-10-30(11-13-31)19-7-6-18(27-28-19)29-8-2-1-3-9-29/h4-7,14H,1-3,8-13H2,(H,26,32). The van der Waals surface area contributed by atoms with E-state index in [1.165, 1.54) is 25.3 Å². The Morgan fingerprint density at radius 3 is 2.03 bits per heavy atom. The molecule has 11 heteroatoms. The van der Waals surface area contributed by atoms with Crippen molar-refractivity contribution in [1.82, 2.24) is 15.1 Å². The average Bonchev–Trinajstić information content (AvgIpc) is 2.80. The molecule has 0 saturated carbocycles. The number of nitrogens with one attached hydrogen (secondary N) is 1. The minimum Gasteiger partial charge on any atom is -0.355 e. The lowest BCUT2D eigenvalue weighted by Gasteiger charge is -2.35. The number of hydrogen-bond acceptors (Lipinski definition) is 5. The fourth-order valence-electron chi connectivity index (χ4n) is 3.94. The maximum atomic E-state index is 13.0. The van der Waals surface area contributed by atoms with Gasteiger partial charge in [0.05, 0.1) is 10.6 Å². The van der Waals surface area contributed by atoms with Crippen LogP contribution in [-0.2, 0) is 6.18 Å². The summed E-state index contributed by atoms with van der Waals surface area (Å²) < 4.78 is 39.1. The highest BCUT2D eigenvalue weighted by Crippen LogP contribution is 2.36. The van der Waals surface area contributed by atoms with Crippen molar-refractivity contribution < 1.29 is 18.0 Å². The Bertz CT molecular complexity index is 942. The first-order valence-corrected chi connectivity index (χ1v) is 11.0. The zero-order valence-electron chi connectivity index (χ0n) is 17.4. The molecule has 1 N–H and O–H groups in total. The van der Waals surface area contributed by atoms with Crippen LogP contribution in [0.2, 0.25) is 5.02 Å². The molecule has 32 heavy (non-hydrogen) atoms. The number of anilines is 3. The lowest BCUT2D eigenvalue weighted by Crippen LogP contribution is -2.50. The van der Waals surface area contributed by atoms with E-state index in [4.69, 9.17) is 11.6 Å². The van der Waals surface area contributed by atoms with Crippen molar-refractivity contribution in [3.8, 4) is 0 Å². The summed E-state index contributed by atoms with van der Waals surface area (Å²) in [7, 11) is 0. The number of nitrogens with zero attached hydrogens (tertiary/aromatic N) is 5. The zero-order valence-corrected chi connectivity index (χ0v) is 18.2. The van der Waals surface area contributed by atoms with Gasteiger partial charge in [-0.2, -0.15) is 13.2 Å². The van der Waals surface area contributed by atoms with Gasteiger partial charge < -0.3 is 20.0 Å². The van der Waals surface area contributed by atoms with Crippen LogP contribution in [0.1, 0.15) is 24.8 Å².